The summed E-state index contributed by atoms with van der Waals surface area (Å²) >= 11 is 7.38. The maximum atomic E-state index is 12.8. The van der Waals surface area contributed by atoms with Gasteiger partial charge in [0, 0.05) is 12.1 Å². The average Bonchev–Trinajstić information content (AvgIpc) is 3.13. The Kier molecular flexibility index (Phi) is 4.18. The number of halogens is 1. The second-order valence-corrected chi connectivity index (χ2v) is 7.16. The molecule has 2 aromatic carbocycles. The Bertz CT molecular complexity index is 1190. The molecule has 0 aliphatic heterocycles. The van der Waals surface area contributed by atoms with E-state index in [1.54, 1.807) is 15.4 Å². The predicted molar refractivity (Wildman–Crippen MR) is 105 cm³/mol. The normalized spacial score (nSPS) is 11.7. The fourth-order valence-corrected chi connectivity index (χ4v) is 3.75. The molecule has 8 heteroatoms. The lowest BCUT2D eigenvalue weighted by atomic mass is 10.3. The van der Waals surface area contributed by atoms with Crippen molar-refractivity contribution in [2.75, 3.05) is 0 Å². The molecule has 0 aliphatic rings. The molecule has 0 saturated carbocycles. The minimum absolute atomic E-state index is 0.218. The van der Waals surface area contributed by atoms with E-state index in [0.29, 0.717) is 15.8 Å². The largest absolute Gasteiger partial charge is 0.299 e. The van der Waals surface area contributed by atoms with Crippen LogP contribution in [0.5, 0.6) is 0 Å². The minimum Gasteiger partial charge on any atom is -0.283 e. The third kappa shape index (κ3) is 2.85. The van der Waals surface area contributed by atoms with Crippen molar-refractivity contribution in [1.29, 1.82) is 0 Å². The maximum absolute atomic E-state index is 12.8. The van der Waals surface area contributed by atoms with Crippen molar-refractivity contribution in [2.24, 2.45) is 17.3 Å². The zero-order valence-electron chi connectivity index (χ0n) is 14.0. The molecule has 4 rings (SSSR count). The number of hydrogen-bond acceptors (Lipinski definition) is 5. The summed E-state index contributed by atoms with van der Waals surface area (Å²) in [5, 5.41) is 9.49. The second-order valence-electron chi connectivity index (χ2n) is 5.72. The molecule has 0 saturated heterocycles. The Balaban J connectivity index is 1.76. The van der Waals surface area contributed by atoms with E-state index in [-0.39, 0.29) is 5.56 Å². The maximum Gasteiger partial charge on any atom is 0.299 e. The van der Waals surface area contributed by atoms with E-state index in [0.717, 1.165) is 21.6 Å². The highest BCUT2D eigenvalue weighted by Gasteiger charge is 2.16. The van der Waals surface area contributed by atoms with Crippen molar-refractivity contribution in [1.82, 2.24) is 14.3 Å². The Hall–Kier alpha value is -2.77. The van der Waals surface area contributed by atoms with E-state index in [9.17, 15) is 4.79 Å². The molecular weight excluding hydrogens is 370 g/mol. The molecule has 0 N–H and O–H groups in total. The lowest BCUT2D eigenvalue weighted by molar-refractivity contribution is 0.630. The van der Waals surface area contributed by atoms with Crippen molar-refractivity contribution in [3.63, 3.8) is 0 Å². The number of nitrogens with zero attached hydrogens (tertiary/aromatic N) is 5. The molecule has 0 unspecified atom stereocenters. The highest BCUT2D eigenvalue weighted by Crippen LogP contribution is 2.31. The summed E-state index contributed by atoms with van der Waals surface area (Å²) in [4.78, 5) is 17.2. The highest BCUT2D eigenvalue weighted by molar-refractivity contribution is 7.21. The summed E-state index contributed by atoms with van der Waals surface area (Å²) in [6.45, 7) is 1.84. The fraction of sp³-hybridized carbons (Fsp3) is 0.111. The van der Waals surface area contributed by atoms with Gasteiger partial charge in [-0.2, -0.15) is 0 Å². The molecule has 0 aliphatic carbocycles. The summed E-state index contributed by atoms with van der Waals surface area (Å²) in [6.07, 6.45) is 0. The first-order valence-corrected chi connectivity index (χ1v) is 9.06. The monoisotopic (exact) mass is 383 g/mol. The Labute approximate surface area is 158 Å². The molecule has 0 bridgehead atoms. The first-order valence-electron chi connectivity index (χ1n) is 7.86. The van der Waals surface area contributed by atoms with Crippen LogP contribution in [0.1, 0.15) is 5.69 Å². The number of benzene rings is 2. The van der Waals surface area contributed by atoms with Gasteiger partial charge in [-0.25, -0.2) is 9.67 Å². The number of aromatic nitrogens is 3. The molecule has 2 aromatic heterocycles. The van der Waals surface area contributed by atoms with Gasteiger partial charge in [0.05, 0.1) is 21.6 Å². The van der Waals surface area contributed by atoms with Crippen molar-refractivity contribution in [2.45, 2.75) is 6.92 Å². The number of hydrogen-bond donors (Lipinski definition) is 0. The van der Waals surface area contributed by atoms with Crippen LogP contribution in [0.25, 0.3) is 15.9 Å². The number of thiazole rings is 1. The van der Waals surface area contributed by atoms with Crippen LogP contribution >= 0.6 is 22.9 Å². The summed E-state index contributed by atoms with van der Waals surface area (Å²) in [5.74, 6) is 0. The lowest BCUT2D eigenvalue weighted by Gasteiger charge is -2.07. The van der Waals surface area contributed by atoms with E-state index < -0.39 is 0 Å². The Morgan fingerprint density at radius 2 is 1.88 bits per heavy atom. The van der Waals surface area contributed by atoms with Crippen molar-refractivity contribution in [3.8, 4) is 5.69 Å². The van der Waals surface area contributed by atoms with Gasteiger partial charge in [-0.05, 0) is 37.3 Å². The number of fused-ring (bicyclic) bond motifs is 1. The van der Waals surface area contributed by atoms with Crippen molar-refractivity contribution >= 4 is 44.0 Å². The SMILES string of the molecule is Cc1c(N=Nc2nc3ccc(Cl)cc3s2)c(=O)n(-c2ccccc2)n1C. The van der Waals surface area contributed by atoms with Crippen LogP contribution in [0.4, 0.5) is 10.8 Å². The summed E-state index contributed by atoms with van der Waals surface area (Å²) in [7, 11) is 1.82. The van der Waals surface area contributed by atoms with Crippen molar-refractivity contribution < 1.29 is 0 Å². The van der Waals surface area contributed by atoms with Crippen LogP contribution < -0.4 is 5.56 Å². The molecule has 6 nitrogen and oxygen atoms in total. The van der Waals surface area contributed by atoms with Crippen LogP contribution in [0.15, 0.2) is 63.6 Å². The van der Waals surface area contributed by atoms with Crippen molar-refractivity contribution in [3.05, 3.63) is 69.6 Å². The van der Waals surface area contributed by atoms with Gasteiger partial charge < -0.3 is 0 Å². The summed E-state index contributed by atoms with van der Waals surface area (Å²) in [6, 6.07) is 14.9. The molecule has 26 heavy (non-hydrogen) atoms. The standard InChI is InChI=1S/C18H14ClN5OS/c1-11-16(17(25)24(23(11)2)13-6-4-3-5-7-13)21-22-18-20-14-9-8-12(19)10-15(14)26-18/h3-10H,1-2H3. The van der Waals surface area contributed by atoms with Gasteiger partial charge in [0.1, 0.15) is 0 Å². The fourth-order valence-electron chi connectivity index (χ4n) is 2.69. The van der Waals surface area contributed by atoms with Gasteiger partial charge in [0.25, 0.3) is 5.56 Å². The van der Waals surface area contributed by atoms with Gasteiger partial charge in [0.15, 0.2) is 5.69 Å². The zero-order chi connectivity index (χ0) is 18.3. The zero-order valence-corrected chi connectivity index (χ0v) is 15.6. The Morgan fingerprint density at radius 3 is 2.65 bits per heavy atom. The molecule has 4 aromatic rings. The van der Waals surface area contributed by atoms with E-state index in [2.05, 4.69) is 15.2 Å². The van der Waals surface area contributed by atoms with Crippen LogP contribution in [0, 0.1) is 6.92 Å². The third-order valence-corrected chi connectivity index (χ3v) is 5.24. The molecule has 2 heterocycles. The number of para-hydroxylation sites is 1. The van der Waals surface area contributed by atoms with E-state index in [4.69, 9.17) is 11.6 Å². The molecular formula is C18H14ClN5OS. The lowest BCUT2D eigenvalue weighted by Crippen LogP contribution is -2.19. The van der Waals surface area contributed by atoms with Crippen LogP contribution in [0.2, 0.25) is 5.02 Å². The van der Waals surface area contributed by atoms with Gasteiger partial charge in [0.2, 0.25) is 5.13 Å². The summed E-state index contributed by atoms with van der Waals surface area (Å²) in [5.41, 5.74) is 2.39. The smallest absolute Gasteiger partial charge is 0.283 e. The minimum atomic E-state index is -0.218. The van der Waals surface area contributed by atoms with Gasteiger partial charge in [-0.1, -0.05) is 41.1 Å². The topological polar surface area (TPSA) is 64.5 Å². The molecule has 0 radical (unpaired) electrons. The van der Waals surface area contributed by atoms with E-state index in [1.165, 1.54) is 11.3 Å². The molecule has 0 fully saturated rings. The highest BCUT2D eigenvalue weighted by atomic mass is 35.5. The number of rotatable bonds is 3. The molecule has 0 spiro atoms. The van der Waals surface area contributed by atoms with Crippen LogP contribution in [-0.4, -0.2) is 14.3 Å². The first-order chi connectivity index (χ1) is 12.5. The van der Waals surface area contributed by atoms with Crippen LogP contribution in [0.3, 0.4) is 0 Å². The molecule has 0 amide bonds. The Morgan fingerprint density at radius 1 is 1.12 bits per heavy atom. The first kappa shape index (κ1) is 16.7. The van der Waals surface area contributed by atoms with Gasteiger partial charge in [-0.3, -0.25) is 9.48 Å². The van der Waals surface area contributed by atoms with Crippen LogP contribution in [-0.2, 0) is 7.05 Å². The van der Waals surface area contributed by atoms with E-state index >= 15 is 0 Å². The third-order valence-electron chi connectivity index (χ3n) is 4.10. The van der Waals surface area contributed by atoms with Gasteiger partial charge >= 0.3 is 0 Å². The average molecular weight is 384 g/mol. The molecule has 130 valence electrons. The predicted octanol–water partition coefficient (Wildman–Crippen LogP) is 5.16. The van der Waals surface area contributed by atoms with Gasteiger partial charge in [-0.15, -0.1) is 10.2 Å². The summed E-state index contributed by atoms with van der Waals surface area (Å²) < 4.78 is 4.27. The molecule has 0 atom stereocenters. The quantitative estimate of drug-likeness (QED) is 0.458. The number of azo groups is 1. The van der Waals surface area contributed by atoms with E-state index in [1.807, 2.05) is 56.4 Å². The second kappa shape index (κ2) is 6.51.